The van der Waals surface area contributed by atoms with Gasteiger partial charge in [0.1, 0.15) is 0 Å². The van der Waals surface area contributed by atoms with Crippen LogP contribution >= 0.6 is 22.7 Å². The summed E-state index contributed by atoms with van der Waals surface area (Å²) in [7, 11) is 0. The molecule has 0 bridgehead atoms. The molecule has 5 rings (SSSR count). The fraction of sp³-hybridized carbons (Fsp3) is 0.0800. The molecule has 7 nitrogen and oxygen atoms in total. The molecule has 0 amide bonds. The zero-order chi connectivity index (χ0) is 23.7. The van der Waals surface area contributed by atoms with Gasteiger partial charge in [0.05, 0.1) is 22.5 Å². The van der Waals surface area contributed by atoms with Gasteiger partial charge in [0, 0.05) is 32.6 Å². The number of carbonyl (C=O) groups is 2. The Labute approximate surface area is 202 Å². The van der Waals surface area contributed by atoms with Crippen molar-refractivity contribution in [2.24, 2.45) is 0 Å². The van der Waals surface area contributed by atoms with E-state index in [1.807, 2.05) is 18.2 Å². The lowest BCUT2D eigenvalue weighted by atomic mass is 10.0. The molecule has 0 fully saturated rings. The minimum Gasteiger partial charge on any atom is -0.680 e. The lowest BCUT2D eigenvalue weighted by Gasteiger charge is -2.30. The van der Waals surface area contributed by atoms with Gasteiger partial charge in [-0.15, -0.1) is 22.7 Å². The smallest absolute Gasteiger partial charge is 0.335 e. The first-order valence-electron chi connectivity index (χ1n) is 10.3. The molecular formula is C25H18N3O4S2-. The van der Waals surface area contributed by atoms with Crippen molar-refractivity contribution in [3.63, 3.8) is 0 Å². The number of aromatic nitrogens is 1. The number of pyridine rings is 1. The second-order valence-electron chi connectivity index (χ2n) is 7.58. The van der Waals surface area contributed by atoms with Crippen LogP contribution in [0.1, 0.15) is 32.7 Å². The predicted octanol–water partition coefficient (Wildman–Crippen LogP) is 5.59. The average molecular weight is 489 g/mol. The maximum Gasteiger partial charge on any atom is 0.335 e. The van der Waals surface area contributed by atoms with Crippen molar-refractivity contribution in [1.82, 2.24) is 10.3 Å². The number of nitrogens with zero attached hydrogens (tertiary/aromatic N) is 2. The molecule has 3 aromatic rings. The van der Waals surface area contributed by atoms with Gasteiger partial charge in [0.25, 0.3) is 0 Å². The Morgan fingerprint density at radius 1 is 1.18 bits per heavy atom. The topological polar surface area (TPSA) is 114 Å². The number of aromatic carboxylic acids is 1. The standard InChI is InChI=1S/C25H18N3O4S2/c29-24(30)15-4-7-27-19(10-15)21-12-16(25(31)32)11-20(28-21)18-9-14(3-6-26-18)1-2-22-17-5-8-33-23(17)13-34-22/h1-6,8-13,18,27H,7H2,(H,29,30)(H,31,32)/q-1/b2-1+. The summed E-state index contributed by atoms with van der Waals surface area (Å²) in [5.74, 6) is -2.14. The Morgan fingerprint density at radius 2 is 2.06 bits per heavy atom. The minimum atomic E-state index is -1.09. The van der Waals surface area contributed by atoms with Crippen molar-refractivity contribution in [1.29, 1.82) is 0 Å². The molecule has 0 saturated carbocycles. The van der Waals surface area contributed by atoms with E-state index in [0.717, 1.165) is 5.57 Å². The molecule has 0 aromatic carbocycles. The van der Waals surface area contributed by atoms with Gasteiger partial charge < -0.3 is 20.8 Å². The van der Waals surface area contributed by atoms with E-state index in [-0.39, 0.29) is 11.1 Å². The van der Waals surface area contributed by atoms with Crippen LogP contribution in [0, 0.1) is 0 Å². The molecule has 3 aromatic heterocycles. The summed E-state index contributed by atoms with van der Waals surface area (Å²) in [5.41, 5.74) is 2.40. The lowest BCUT2D eigenvalue weighted by molar-refractivity contribution is -0.132. The number of allylic oxidation sites excluding steroid dienone is 3. The fourth-order valence-corrected chi connectivity index (χ4v) is 5.59. The first-order valence-corrected chi connectivity index (χ1v) is 12.1. The molecule has 170 valence electrons. The molecule has 0 spiro atoms. The average Bonchev–Trinajstić information content (AvgIpc) is 3.47. The molecular weight excluding hydrogens is 470 g/mol. The van der Waals surface area contributed by atoms with E-state index >= 15 is 0 Å². The molecule has 3 N–H and O–H groups in total. The largest absolute Gasteiger partial charge is 0.680 e. The number of aliphatic carboxylic acids is 1. The molecule has 2 aliphatic heterocycles. The van der Waals surface area contributed by atoms with Crippen LogP contribution in [-0.4, -0.2) is 33.7 Å². The zero-order valence-electron chi connectivity index (χ0n) is 17.6. The summed E-state index contributed by atoms with van der Waals surface area (Å²) in [4.78, 5) is 29.0. The highest BCUT2D eigenvalue weighted by atomic mass is 32.1. The number of carboxylic acid groups (broad SMARTS) is 2. The van der Waals surface area contributed by atoms with Crippen molar-refractivity contribution in [3.8, 4) is 0 Å². The molecule has 0 radical (unpaired) electrons. The van der Waals surface area contributed by atoms with Gasteiger partial charge in [-0.2, -0.15) is 6.20 Å². The van der Waals surface area contributed by atoms with Crippen LogP contribution in [0.25, 0.3) is 27.2 Å². The predicted molar refractivity (Wildman–Crippen MR) is 135 cm³/mol. The van der Waals surface area contributed by atoms with Crippen LogP contribution in [0.2, 0.25) is 0 Å². The van der Waals surface area contributed by atoms with Crippen molar-refractivity contribution in [3.05, 3.63) is 104 Å². The maximum atomic E-state index is 11.8. The first-order chi connectivity index (χ1) is 16.5. The van der Waals surface area contributed by atoms with Crippen LogP contribution < -0.4 is 5.32 Å². The lowest BCUT2D eigenvalue weighted by Crippen LogP contribution is -2.20. The van der Waals surface area contributed by atoms with Crippen molar-refractivity contribution in [2.75, 3.05) is 6.54 Å². The quantitative estimate of drug-likeness (QED) is 0.417. The monoisotopic (exact) mass is 488 g/mol. The van der Waals surface area contributed by atoms with E-state index in [4.69, 9.17) is 0 Å². The fourth-order valence-electron chi connectivity index (χ4n) is 3.69. The van der Waals surface area contributed by atoms with Gasteiger partial charge in [-0.05, 0) is 41.3 Å². The third kappa shape index (κ3) is 4.43. The summed E-state index contributed by atoms with van der Waals surface area (Å²) < 4.78 is 1.26. The molecule has 34 heavy (non-hydrogen) atoms. The van der Waals surface area contributed by atoms with Crippen LogP contribution in [0.3, 0.4) is 0 Å². The second-order valence-corrected chi connectivity index (χ2v) is 9.44. The third-order valence-electron chi connectivity index (χ3n) is 5.38. The SMILES string of the molecule is O=C(O)C1=CCNC(c2cc(C(=O)O)cc(C3C=C(/C=C/c4scc5sccc45)C=C[N-]3)n2)=C1. The maximum absolute atomic E-state index is 11.8. The molecule has 1 atom stereocenters. The van der Waals surface area contributed by atoms with E-state index in [9.17, 15) is 19.8 Å². The highest BCUT2D eigenvalue weighted by molar-refractivity contribution is 7.22. The molecule has 0 saturated heterocycles. The van der Waals surface area contributed by atoms with Crippen LogP contribution in [0.5, 0.6) is 0 Å². The van der Waals surface area contributed by atoms with E-state index < -0.39 is 18.0 Å². The number of carboxylic acids is 2. The molecule has 9 heteroatoms. The van der Waals surface area contributed by atoms with Gasteiger partial charge in [0.2, 0.25) is 0 Å². The summed E-state index contributed by atoms with van der Waals surface area (Å²) >= 11 is 3.41. The van der Waals surface area contributed by atoms with Crippen molar-refractivity contribution >= 4 is 56.5 Å². The van der Waals surface area contributed by atoms with Gasteiger partial charge in [-0.25, -0.2) is 9.59 Å². The normalized spacial score (nSPS) is 17.6. The second kappa shape index (κ2) is 9.12. The number of dihydropyridines is 1. The number of hydrogen-bond acceptors (Lipinski definition) is 6. The van der Waals surface area contributed by atoms with E-state index in [1.165, 1.54) is 33.2 Å². The van der Waals surface area contributed by atoms with Crippen LogP contribution in [0.15, 0.2) is 76.7 Å². The highest BCUT2D eigenvalue weighted by Crippen LogP contribution is 2.33. The third-order valence-corrected chi connectivity index (χ3v) is 7.35. The molecule has 1 unspecified atom stereocenters. The number of hydrogen-bond donors (Lipinski definition) is 3. The first kappa shape index (κ1) is 21.9. The summed E-state index contributed by atoms with van der Waals surface area (Å²) in [6.07, 6.45) is 12.6. The van der Waals surface area contributed by atoms with Gasteiger partial charge in [0.15, 0.2) is 0 Å². The van der Waals surface area contributed by atoms with Gasteiger partial charge in [-0.1, -0.05) is 30.3 Å². The number of nitrogens with one attached hydrogen (secondary N) is 1. The van der Waals surface area contributed by atoms with Crippen LogP contribution in [-0.2, 0) is 4.79 Å². The Kier molecular flexibility index (Phi) is 5.87. The Hall–Kier alpha value is -3.95. The Balaban J connectivity index is 1.47. The Morgan fingerprint density at radius 3 is 2.88 bits per heavy atom. The zero-order valence-corrected chi connectivity index (χ0v) is 19.3. The molecule has 0 aliphatic carbocycles. The highest BCUT2D eigenvalue weighted by Gasteiger charge is 2.17. The van der Waals surface area contributed by atoms with Crippen molar-refractivity contribution < 1.29 is 19.8 Å². The molecule has 2 aliphatic rings. The van der Waals surface area contributed by atoms with Crippen molar-refractivity contribution in [2.45, 2.75) is 6.04 Å². The van der Waals surface area contributed by atoms with Gasteiger partial charge in [-0.3, -0.25) is 4.98 Å². The van der Waals surface area contributed by atoms with Crippen LogP contribution in [0.4, 0.5) is 0 Å². The number of thiophene rings is 2. The Bertz CT molecular complexity index is 1460. The number of rotatable bonds is 6. The summed E-state index contributed by atoms with van der Waals surface area (Å²) in [5, 5.41) is 31.9. The van der Waals surface area contributed by atoms with E-state index in [2.05, 4.69) is 38.5 Å². The van der Waals surface area contributed by atoms with Gasteiger partial charge >= 0.3 is 11.9 Å². The van der Waals surface area contributed by atoms with E-state index in [1.54, 1.807) is 34.9 Å². The number of fused-ring (bicyclic) bond motifs is 1. The summed E-state index contributed by atoms with van der Waals surface area (Å²) in [6.45, 7) is 0.313. The summed E-state index contributed by atoms with van der Waals surface area (Å²) in [6, 6.07) is 4.58. The molecule has 5 heterocycles. The minimum absolute atomic E-state index is 0.0582. The van der Waals surface area contributed by atoms with E-state index in [0.29, 0.717) is 23.6 Å².